The zero-order valence-corrected chi connectivity index (χ0v) is 13.6. The standard InChI is InChI=1S/C15H21N3O3.ClH/c1-16-7-8-17-15(20)11-9-14(19)18(10-11)12-5-3-4-6-13(12)21-2;/h3-6,11,16H,7-10H2,1-2H3,(H,17,20);1H. The van der Waals surface area contributed by atoms with Crippen molar-refractivity contribution in [3.05, 3.63) is 24.3 Å². The van der Waals surface area contributed by atoms with Crippen LogP contribution in [0.4, 0.5) is 5.69 Å². The second-order valence-corrected chi connectivity index (χ2v) is 4.97. The monoisotopic (exact) mass is 327 g/mol. The van der Waals surface area contributed by atoms with Gasteiger partial charge in [-0.15, -0.1) is 12.4 Å². The number of para-hydroxylation sites is 2. The zero-order chi connectivity index (χ0) is 15.2. The Kier molecular flexibility index (Phi) is 7.14. The molecule has 1 heterocycles. The number of benzene rings is 1. The number of hydrogen-bond acceptors (Lipinski definition) is 4. The van der Waals surface area contributed by atoms with Crippen LogP contribution < -0.4 is 20.3 Å². The van der Waals surface area contributed by atoms with Gasteiger partial charge in [0.1, 0.15) is 5.75 Å². The molecule has 2 N–H and O–H groups in total. The predicted molar refractivity (Wildman–Crippen MR) is 87.6 cm³/mol. The van der Waals surface area contributed by atoms with Gasteiger partial charge in [0.05, 0.1) is 18.7 Å². The summed E-state index contributed by atoms with van der Waals surface area (Å²) in [6.07, 6.45) is 0.240. The molecule has 7 heteroatoms. The van der Waals surface area contributed by atoms with Crippen LogP contribution in [0.3, 0.4) is 0 Å². The van der Waals surface area contributed by atoms with E-state index in [1.54, 1.807) is 12.0 Å². The second-order valence-electron chi connectivity index (χ2n) is 4.97. The fourth-order valence-electron chi connectivity index (χ4n) is 2.42. The Bertz CT molecular complexity index is 525. The lowest BCUT2D eigenvalue weighted by molar-refractivity contribution is -0.126. The van der Waals surface area contributed by atoms with E-state index in [2.05, 4.69) is 10.6 Å². The van der Waals surface area contributed by atoms with Crippen molar-refractivity contribution in [1.82, 2.24) is 10.6 Å². The molecule has 2 amide bonds. The van der Waals surface area contributed by atoms with Crippen LogP contribution in [0.15, 0.2) is 24.3 Å². The number of carbonyl (C=O) groups is 2. The van der Waals surface area contributed by atoms with E-state index in [1.165, 1.54) is 0 Å². The first kappa shape index (κ1) is 18.3. The molecule has 0 aliphatic carbocycles. The summed E-state index contributed by atoms with van der Waals surface area (Å²) in [7, 11) is 3.40. The highest BCUT2D eigenvalue weighted by Crippen LogP contribution is 2.32. The van der Waals surface area contributed by atoms with Crippen LogP contribution in [-0.2, 0) is 9.59 Å². The van der Waals surface area contributed by atoms with Crippen molar-refractivity contribution in [1.29, 1.82) is 0 Å². The van der Waals surface area contributed by atoms with Crippen molar-refractivity contribution in [3.63, 3.8) is 0 Å². The van der Waals surface area contributed by atoms with Gasteiger partial charge in [0, 0.05) is 26.1 Å². The zero-order valence-electron chi connectivity index (χ0n) is 12.8. The van der Waals surface area contributed by atoms with Gasteiger partial charge in [-0.05, 0) is 19.2 Å². The molecule has 122 valence electrons. The molecule has 1 atom stereocenters. The molecule has 1 saturated heterocycles. The molecule has 0 radical (unpaired) electrons. The van der Waals surface area contributed by atoms with Gasteiger partial charge in [-0.25, -0.2) is 0 Å². The van der Waals surface area contributed by atoms with Crippen LogP contribution in [0.25, 0.3) is 0 Å². The van der Waals surface area contributed by atoms with Gasteiger partial charge in [-0.3, -0.25) is 9.59 Å². The third-order valence-electron chi connectivity index (χ3n) is 3.55. The minimum atomic E-state index is -0.306. The molecule has 1 unspecified atom stereocenters. The van der Waals surface area contributed by atoms with Gasteiger partial charge >= 0.3 is 0 Å². The molecule has 1 aliphatic heterocycles. The van der Waals surface area contributed by atoms with E-state index < -0.39 is 0 Å². The SMILES string of the molecule is CNCCNC(=O)C1CC(=O)N(c2ccccc2OC)C1.Cl. The summed E-state index contributed by atoms with van der Waals surface area (Å²) in [5.74, 6) is 0.214. The van der Waals surface area contributed by atoms with Crippen molar-refractivity contribution in [3.8, 4) is 5.75 Å². The smallest absolute Gasteiger partial charge is 0.227 e. The number of methoxy groups -OCH3 is 1. The Morgan fingerprint density at radius 1 is 1.36 bits per heavy atom. The first-order valence-corrected chi connectivity index (χ1v) is 7.03. The number of carbonyl (C=O) groups excluding carboxylic acids is 2. The highest BCUT2D eigenvalue weighted by molar-refractivity contribution is 6.01. The molecule has 22 heavy (non-hydrogen) atoms. The first-order chi connectivity index (χ1) is 10.2. The topological polar surface area (TPSA) is 70.7 Å². The lowest BCUT2D eigenvalue weighted by atomic mass is 10.1. The lowest BCUT2D eigenvalue weighted by Crippen LogP contribution is -2.36. The molecule has 1 aromatic carbocycles. The van der Waals surface area contributed by atoms with Crippen molar-refractivity contribution < 1.29 is 14.3 Å². The van der Waals surface area contributed by atoms with E-state index >= 15 is 0 Å². The molecular weight excluding hydrogens is 306 g/mol. The number of hydrogen-bond donors (Lipinski definition) is 2. The molecule has 1 fully saturated rings. The number of nitrogens with one attached hydrogen (secondary N) is 2. The van der Waals surface area contributed by atoms with Gasteiger partial charge in [-0.2, -0.15) is 0 Å². The average Bonchev–Trinajstić information content (AvgIpc) is 2.89. The lowest BCUT2D eigenvalue weighted by Gasteiger charge is -2.19. The minimum absolute atomic E-state index is 0. The van der Waals surface area contributed by atoms with Crippen LogP contribution in [0.1, 0.15) is 6.42 Å². The highest BCUT2D eigenvalue weighted by Gasteiger charge is 2.35. The Morgan fingerprint density at radius 2 is 2.09 bits per heavy atom. The summed E-state index contributed by atoms with van der Waals surface area (Å²) < 4.78 is 5.28. The molecule has 0 aromatic heterocycles. The van der Waals surface area contributed by atoms with E-state index in [9.17, 15) is 9.59 Å². The Balaban J connectivity index is 0.00000242. The van der Waals surface area contributed by atoms with Crippen molar-refractivity contribution in [2.75, 3.05) is 38.7 Å². The molecule has 0 saturated carbocycles. The fourth-order valence-corrected chi connectivity index (χ4v) is 2.42. The molecule has 1 aliphatic rings. The summed E-state index contributed by atoms with van der Waals surface area (Å²) in [6, 6.07) is 7.34. The summed E-state index contributed by atoms with van der Waals surface area (Å²) in [4.78, 5) is 25.8. The van der Waals surface area contributed by atoms with Crippen LogP contribution in [-0.4, -0.2) is 45.6 Å². The minimum Gasteiger partial charge on any atom is -0.495 e. The molecule has 6 nitrogen and oxygen atoms in total. The molecule has 0 spiro atoms. The number of amides is 2. The Morgan fingerprint density at radius 3 is 2.77 bits per heavy atom. The average molecular weight is 328 g/mol. The summed E-state index contributed by atoms with van der Waals surface area (Å²) in [5, 5.41) is 5.80. The van der Waals surface area contributed by atoms with E-state index in [1.807, 2.05) is 31.3 Å². The molecule has 2 rings (SSSR count). The Labute approximate surface area is 136 Å². The quantitative estimate of drug-likeness (QED) is 0.758. The van der Waals surface area contributed by atoms with Crippen LogP contribution in [0.2, 0.25) is 0 Å². The Hall–Kier alpha value is -1.79. The first-order valence-electron chi connectivity index (χ1n) is 7.03. The largest absolute Gasteiger partial charge is 0.495 e. The number of ether oxygens (including phenoxy) is 1. The predicted octanol–water partition coefficient (Wildman–Crippen LogP) is 0.806. The van der Waals surface area contributed by atoms with Crippen LogP contribution in [0.5, 0.6) is 5.75 Å². The number of halogens is 1. The third-order valence-corrected chi connectivity index (χ3v) is 3.55. The van der Waals surface area contributed by atoms with Crippen LogP contribution >= 0.6 is 12.4 Å². The highest BCUT2D eigenvalue weighted by atomic mass is 35.5. The fraction of sp³-hybridized carbons (Fsp3) is 0.467. The third kappa shape index (κ3) is 4.11. The number of rotatable bonds is 6. The maximum absolute atomic E-state index is 12.2. The van der Waals surface area contributed by atoms with E-state index in [4.69, 9.17) is 4.74 Å². The summed E-state index contributed by atoms with van der Waals surface area (Å²) in [5.41, 5.74) is 0.718. The number of anilines is 1. The number of nitrogens with zero attached hydrogens (tertiary/aromatic N) is 1. The van der Waals surface area contributed by atoms with Crippen molar-refractivity contribution in [2.45, 2.75) is 6.42 Å². The van der Waals surface area contributed by atoms with Gasteiger partial charge in [-0.1, -0.05) is 12.1 Å². The summed E-state index contributed by atoms with van der Waals surface area (Å²) in [6.45, 7) is 1.67. The van der Waals surface area contributed by atoms with Gasteiger partial charge in [0.15, 0.2) is 0 Å². The maximum atomic E-state index is 12.2. The van der Waals surface area contributed by atoms with E-state index in [0.717, 1.165) is 5.69 Å². The van der Waals surface area contributed by atoms with Crippen molar-refractivity contribution in [2.24, 2.45) is 5.92 Å². The van der Waals surface area contributed by atoms with E-state index in [-0.39, 0.29) is 36.6 Å². The molecule has 0 bridgehead atoms. The second kappa shape index (κ2) is 8.60. The van der Waals surface area contributed by atoms with Crippen LogP contribution in [0, 0.1) is 5.92 Å². The van der Waals surface area contributed by atoms with Gasteiger partial charge < -0.3 is 20.3 Å². The van der Waals surface area contributed by atoms with Crippen molar-refractivity contribution >= 4 is 29.9 Å². The summed E-state index contributed by atoms with van der Waals surface area (Å²) >= 11 is 0. The normalized spacial score (nSPS) is 17.1. The number of likely N-dealkylation sites (N-methyl/N-ethyl adjacent to an activating group) is 1. The van der Waals surface area contributed by atoms with Gasteiger partial charge in [0.2, 0.25) is 11.8 Å². The molecular formula is C15H22ClN3O3. The van der Waals surface area contributed by atoms with Gasteiger partial charge in [0.25, 0.3) is 0 Å². The molecule has 1 aromatic rings. The van der Waals surface area contributed by atoms with E-state index in [0.29, 0.717) is 25.4 Å². The maximum Gasteiger partial charge on any atom is 0.227 e.